The second-order valence-corrected chi connectivity index (χ2v) is 11.8. The molecule has 33 heavy (non-hydrogen) atoms. The van der Waals surface area contributed by atoms with Gasteiger partial charge in [-0.3, -0.25) is 14.2 Å². The zero-order valence-corrected chi connectivity index (χ0v) is 21.6. The molecular formula is C25H28BrN3O3S. The van der Waals surface area contributed by atoms with Crippen LogP contribution < -0.4 is 0 Å². The fourth-order valence-electron chi connectivity index (χ4n) is 4.11. The molecule has 0 radical (unpaired) electrons. The molecule has 6 nitrogen and oxygen atoms in total. The molecule has 1 N–H and O–H groups in total. The number of carboxylic acid groups (broad SMARTS) is 1. The highest BCUT2D eigenvalue weighted by Crippen LogP contribution is 2.45. The monoisotopic (exact) mass is 529 g/mol. The molecule has 3 aromatic rings. The molecule has 1 aliphatic rings. The first-order chi connectivity index (χ1) is 15.6. The quantitative estimate of drug-likeness (QED) is 0.330. The van der Waals surface area contributed by atoms with Gasteiger partial charge in [0.2, 0.25) is 4.73 Å². The number of hydrogen-bond acceptors (Lipinski definition) is 5. The van der Waals surface area contributed by atoms with Gasteiger partial charge in [0.15, 0.2) is 5.16 Å². The number of carbonyl (C=O) groups excluding carboxylic acids is 1. The first kappa shape index (κ1) is 24.0. The molecule has 1 heterocycles. The Kier molecular flexibility index (Phi) is 6.69. The van der Waals surface area contributed by atoms with Crippen LogP contribution in [0.5, 0.6) is 0 Å². The minimum Gasteiger partial charge on any atom is -0.481 e. The highest BCUT2D eigenvalue weighted by molar-refractivity contribution is 9.10. The molecule has 0 amide bonds. The van der Waals surface area contributed by atoms with Gasteiger partial charge in [0, 0.05) is 11.8 Å². The predicted octanol–water partition coefficient (Wildman–Crippen LogP) is 6.25. The molecule has 1 atom stereocenters. The van der Waals surface area contributed by atoms with Gasteiger partial charge in [-0.1, -0.05) is 55.9 Å². The van der Waals surface area contributed by atoms with E-state index in [1.165, 1.54) is 35.6 Å². The molecule has 0 aliphatic heterocycles. The molecule has 1 saturated carbocycles. The number of aliphatic carboxylic acids is 1. The van der Waals surface area contributed by atoms with Crippen molar-refractivity contribution in [3.8, 4) is 5.69 Å². The van der Waals surface area contributed by atoms with Crippen LogP contribution in [0.1, 0.15) is 58.4 Å². The summed E-state index contributed by atoms with van der Waals surface area (Å²) in [5.41, 5.74) is 2.32. The summed E-state index contributed by atoms with van der Waals surface area (Å²) in [4.78, 5) is 24.7. The van der Waals surface area contributed by atoms with E-state index in [1.54, 1.807) is 0 Å². The zero-order valence-electron chi connectivity index (χ0n) is 19.2. The van der Waals surface area contributed by atoms with E-state index < -0.39 is 16.6 Å². The number of hydrogen-bond donors (Lipinski definition) is 1. The van der Waals surface area contributed by atoms with Crippen LogP contribution in [0.2, 0.25) is 0 Å². The maximum absolute atomic E-state index is 13.1. The zero-order chi connectivity index (χ0) is 23.9. The number of fused-ring (bicyclic) bond motifs is 1. The Labute approximate surface area is 206 Å². The summed E-state index contributed by atoms with van der Waals surface area (Å²) in [6.07, 6.45) is 2.44. The molecule has 1 aliphatic carbocycles. The van der Waals surface area contributed by atoms with E-state index in [2.05, 4.69) is 56.5 Å². The van der Waals surface area contributed by atoms with E-state index in [1.807, 2.05) is 38.3 Å². The summed E-state index contributed by atoms with van der Waals surface area (Å²) < 4.78 is 1.62. The number of carboxylic acids is 1. The minimum absolute atomic E-state index is 0.0126. The Morgan fingerprint density at radius 2 is 1.82 bits per heavy atom. The van der Waals surface area contributed by atoms with Gasteiger partial charge in [0.05, 0.1) is 16.4 Å². The Bertz CT molecular complexity index is 1220. The Hall–Kier alpha value is -2.19. The summed E-state index contributed by atoms with van der Waals surface area (Å²) >= 11 is 4.85. The van der Waals surface area contributed by atoms with Crippen molar-refractivity contribution in [3.05, 3.63) is 46.7 Å². The summed E-state index contributed by atoms with van der Waals surface area (Å²) in [5.74, 6) is -1.26. The fraction of sp³-hybridized carbons (Fsp3) is 0.440. The third kappa shape index (κ3) is 4.87. The van der Waals surface area contributed by atoms with Crippen LogP contribution >= 0.6 is 27.7 Å². The molecule has 0 bridgehead atoms. The number of thioether (sulfide) groups is 1. The van der Waals surface area contributed by atoms with Crippen LogP contribution in [0.3, 0.4) is 0 Å². The predicted molar refractivity (Wildman–Crippen MR) is 134 cm³/mol. The van der Waals surface area contributed by atoms with Crippen molar-refractivity contribution >= 4 is 50.2 Å². The highest BCUT2D eigenvalue weighted by Gasteiger charge is 2.36. The van der Waals surface area contributed by atoms with Crippen molar-refractivity contribution < 1.29 is 14.7 Å². The van der Waals surface area contributed by atoms with Gasteiger partial charge in [-0.25, -0.2) is 0 Å². The van der Waals surface area contributed by atoms with Crippen LogP contribution in [0.25, 0.3) is 16.5 Å². The standard InChI is InChI=1S/C25H28BrN3O3S/c1-14(2)19(22(31)32)13-21(30)25(3,4)33-24-28-27-23(26)29(24)20-12-11-16(15-9-10-15)17-7-5-6-8-18(17)20/h5-8,11-12,14-15,19H,9-10,13H2,1-4H3,(H,31,32). The molecule has 8 heteroatoms. The molecule has 0 saturated heterocycles. The molecule has 0 spiro atoms. The van der Waals surface area contributed by atoms with Gasteiger partial charge in [-0.15, -0.1) is 10.2 Å². The second-order valence-electron chi connectivity index (χ2n) is 9.51. The molecule has 4 rings (SSSR count). The summed E-state index contributed by atoms with van der Waals surface area (Å²) in [6.45, 7) is 7.30. The number of carbonyl (C=O) groups is 2. The van der Waals surface area contributed by atoms with Crippen LogP contribution in [0.15, 0.2) is 46.3 Å². The number of nitrogens with zero attached hydrogens (tertiary/aromatic N) is 3. The Balaban J connectivity index is 1.69. The van der Waals surface area contributed by atoms with E-state index in [-0.39, 0.29) is 18.1 Å². The average Bonchev–Trinajstić information content (AvgIpc) is 3.54. The molecule has 2 aromatic carbocycles. The number of halogens is 1. The fourth-order valence-corrected chi connectivity index (χ4v) is 5.68. The van der Waals surface area contributed by atoms with E-state index in [9.17, 15) is 14.7 Å². The van der Waals surface area contributed by atoms with Gasteiger partial charge in [-0.05, 0) is 71.5 Å². The molecule has 1 aromatic heterocycles. The van der Waals surface area contributed by atoms with Gasteiger partial charge >= 0.3 is 5.97 Å². The first-order valence-electron chi connectivity index (χ1n) is 11.2. The Morgan fingerprint density at radius 3 is 2.42 bits per heavy atom. The van der Waals surface area contributed by atoms with Crippen molar-refractivity contribution in [1.82, 2.24) is 14.8 Å². The van der Waals surface area contributed by atoms with Crippen molar-refractivity contribution in [2.24, 2.45) is 11.8 Å². The van der Waals surface area contributed by atoms with Gasteiger partial charge in [0.25, 0.3) is 0 Å². The van der Waals surface area contributed by atoms with Gasteiger partial charge in [0.1, 0.15) is 5.78 Å². The van der Waals surface area contributed by atoms with Crippen molar-refractivity contribution in [2.75, 3.05) is 0 Å². The van der Waals surface area contributed by atoms with Crippen LogP contribution in [-0.2, 0) is 9.59 Å². The lowest BCUT2D eigenvalue weighted by Crippen LogP contribution is -2.33. The lowest BCUT2D eigenvalue weighted by atomic mass is 9.88. The second kappa shape index (κ2) is 9.22. The maximum Gasteiger partial charge on any atom is 0.307 e. The lowest BCUT2D eigenvalue weighted by molar-refractivity contribution is -0.145. The first-order valence-corrected chi connectivity index (χ1v) is 12.8. The molecule has 1 unspecified atom stereocenters. The minimum atomic E-state index is -0.938. The van der Waals surface area contributed by atoms with Crippen LogP contribution in [-0.4, -0.2) is 36.4 Å². The van der Waals surface area contributed by atoms with E-state index in [4.69, 9.17) is 0 Å². The van der Waals surface area contributed by atoms with E-state index in [0.29, 0.717) is 15.8 Å². The number of Topliss-reactive ketones (excluding diaryl/α,β-unsaturated/α-hetero) is 1. The number of rotatable bonds is 9. The molecular weight excluding hydrogens is 502 g/mol. The summed E-state index contributed by atoms with van der Waals surface area (Å²) in [5, 5.41) is 21.0. The molecule has 1 fully saturated rings. The number of aromatic nitrogens is 3. The van der Waals surface area contributed by atoms with Gasteiger partial charge in [-0.2, -0.15) is 0 Å². The van der Waals surface area contributed by atoms with Crippen molar-refractivity contribution in [2.45, 2.75) is 62.8 Å². The maximum atomic E-state index is 13.1. The van der Waals surface area contributed by atoms with Gasteiger partial charge < -0.3 is 5.11 Å². The average molecular weight is 530 g/mol. The van der Waals surface area contributed by atoms with E-state index >= 15 is 0 Å². The van der Waals surface area contributed by atoms with Crippen molar-refractivity contribution in [1.29, 1.82) is 0 Å². The number of benzene rings is 2. The largest absolute Gasteiger partial charge is 0.481 e. The topological polar surface area (TPSA) is 85.1 Å². The lowest BCUT2D eigenvalue weighted by Gasteiger charge is -2.25. The smallest absolute Gasteiger partial charge is 0.307 e. The normalized spacial score (nSPS) is 15.2. The third-order valence-electron chi connectivity index (χ3n) is 6.33. The SMILES string of the molecule is CC(C)C(CC(=O)C(C)(C)Sc1nnc(Br)n1-c1ccc(C2CC2)c2ccccc12)C(=O)O. The van der Waals surface area contributed by atoms with Crippen molar-refractivity contribution in [3.63, 3.8) is 0 Å². The van der Waals surface area contributed by atoms with E-state index in [0.717, 1.165) is 11.1 Å². The van der Waals surface area contributed by atoms with Crippen LogP contribution in [0.4, 0.5) is 0 Å². The highest BCUT2D eigenvalue weighted by atomic mass is 79.9. The number of ketones is 1. The summed E-state index contributed by atoms with van der Waals surface area (Å²) in [6, 6.07) is 12.6. The van der Waals surface area contributed by atoms with Crippen LogP contribution in [0, 0.1) is 11.8 Å². The summed E-state index contributed by atoms with van der Waals surface area (Å²) in [7, 11) is 0. The third-order valence-corrected chi connectivity index (χ3v) is 8.03. The Morgan fingerprint density at radius 1 is 1.15 bits per heavy atom. The molecule has 174 valence electrons.